The lowest BCUT2D eigenvalue weighted by Crippen LogP contribution is -2.28. The molecule has 2 aromatic rings. The lowest BCUT2D eigenvalue weighted by molar-refractivity contribution is -0.123. The number of hydrogen-bond donors (Lipinski definition) is 2. The van der Waals surface area contributed by atoms with E-state index in [1.54, 1.807) is 30.3 Å². The number of carbonyl (C=O) groups is 2. The highest BCUT2D eigenvalue weighted by atomic mass is 79.9. The Balaban J connectivity index is 1.85. The number of benzene rings is 2. The van der Waals surface area contributed by atoms with Crippen LogP contribution in [0.4, 0.5) is 4.39 Å². The van der Waals surface area contributed by atoms with E-state index in [9.17, 15) is 14.0 Å². The van der Waals surface area contributed by atoms with E-state index in [1.807, 2.05) is 6.92 Å². The summed E-state index contributed by atoms with van der Waals surface area (Å²) in [5.41, 5.74) is 1.31. The van der Waals surface area contributed by atoms with Crippen LogP contribution in [-0.4, -0.2) is 25.0 Å². The van der Waals surface area contributed by atoms with Crippen molar-refractivity contribution in [3.8, 4) is 5.75 Å². The van der Waals surface area contributed by atoms with Crippen molar-refractivity contribution in [3.63, 3.8) is 0 Å². The molecule has 0 atom stereocenters. The number of halogens is 2. The zero-order chi connectivity index (χ0) is 18.2. The molecule has 0 fully saturated rings. The van der Waals surface area contributed by atoms with Gasteiger partial charge in [0.2, 0.25) is 0 Å². The summed E-state index contributed by atoms with van der Waals surface area (Å²) >= 11 is 3.15. The Kier molecular flexibility index (Phi) is 6.94. The molecule has 0 radical (unpaired) electrons. The van der Waals surface area contributed by atoms with Crippen LogP contribution in [0.3, 0.4) is 0 Å². The van der Waals surface area contributed by atoms with Crippen molar-refractivity contribution >= 4 is 27.7 Å². The first-order valence-electron chi connectivity index (χ1n) is 7.71. The van der Waals surface area contributed by atoms with Gasteiger partial charge in [0.1, 0.15) is 0 Å². The lowest BCUT2D eigenvalue weighted by atomic mass is 10.1. The van der Waals surface area contributed by atoms with Gasteiger partial charge in [0.15, 0.2) is 18.2 Å². The highest BCUT2D eigenvalue weighted by molar-refractivity contribution is 9.10. The average molecular weight is 409 g/mol. The number of nitrogens with one attached hydrogen (secondary N) is 2. The van der Waals surface area contributed by atoms with E-state index in [4.69, 9.17) is 4.74 Å². The largest absolute Gasteiger partial charge is 0.481 e. The van der Waals surface area contributed by atoms with Gasteiger partial charge in [0, 0.05) is 23.1 Å². The van der Waals surface area contributed by atoms with Crippen molar-refractivity contribution in [2.75, 3.05) is 13.2 Å². The normalized spacial score (nSPS) is 10.2. The van der Waals surface area contributed by atoms with E-state index in [-0.39, 0.29) is 30.7 Å². The van der Waals surface area contributed by atoms with E-state index in [0.29, 0.717) is 16.6 Å². The molecule has 5 nitrogen and oxygen atoms in total. The summed E-state index contributed by atoms with van der Waals surface area (Å²) in [6.07, 6.45) is 0. The smallest absolute Gasteiger partial charge is 0.258 e. The monoisotopic (exact) mass is 408 g/mol. The van der Waals surface area contributed by atoms with Crippen LogP contribution in [0.25, 0.3) is 0 Å². The molecule has 0 saturated heterocycles. The molecule has 0 heterocycles. The van der Waals surface area contributed by atoms with E-state index < -0.39 is 5.82 Å². The van der Waals surface area contributed by atoms with Crippen molar-refractivity contribution in [1.82, 2.24) is 10.6 Å². The maximum Gasteiger partial charge on any atom is 0.258 e. The van der Waals surface area contributed by atoms with Crippen LogP contribution in [0.15, 0.2) is 46.9 Å². The first kappa shape index (κ1) is 18.9. The molecule has 0 unspecified atom stereocenters. The molecule has 0 aliphatic carbocycles. The number of amides is 2. The molecule has 2 N–H and O–H groups in total. The third-order valence-corrected chi connectivity index (χ3v) is 3.76. The molecule has 0 aromatic heterocycles. The van der Waals surface area contributed by atoms with Crippen LogP contribution in [0.5, 0.6) is 5.75 Å². The van der Waals surface area contributed by atoms with Gasteiger partial charge >= 0.3 is 0 Å². The lowest BCUT2D eigenvalue weighted by Gasteiger charge is -2.09. The van der Waals surface area contributed by atoms with Crippen LogP contribution in [0.1, 0.15) is 22.8 Å². The molecule has 0 bridgehead atoms. The molecule has 0 spiro atoms. The molecule has 0 aliphatic heterocycles. The third kappa shape index (κ3) is 5.86. The summed E-state index contributed by atoms with van der Waals surface area (Å²) < 4.78 is 19.4. The zero-order valence-corrected chi connectivity index (χ0v) is 15.2. The van der Waals surface area contributed by atoms with Crippen molar-refractivity contribution in [2.24, 2.45) is 0 Å². The van der Waals surface area contributed by atoms with Crippen molar-refractivity contribution < 1.29 is 18.7 Å². The van der Waals surface area contributed by atoms with Gasteiger partial charge in [-0.15, -0.1) is 0 Å². The Morgan fingerprint density at radius 3 is 2.68 bits per heavy atom. The number of rotatable bonds is 7. The molecule has 2 amide bonds. The fourth-order valence-electron chi connectivity index (χ4n) is 2.07. The first-order valence-corrected chi connectivity index (χ1v) is 8.50. The highest BCUT2D eigenvalue weighted by Gasteiger charge is 2.09. The summed E-state index contributed by atoms with van der Waals surface area (Å²) in [6, 6.07) is 11.3. The molecule has 132 valence electrons. The maximum absolute atomic E-state index is 13.6. The quantitative estimate of drug-likeness (QED) is 0.739. The Morgan fingerprint density at radius 2 is 1.96 bits per heavy atom. The maximum atomic E-state index is 13.6. The van der Waals surface area contributed by atoms with Crippen molar-refractivity contribution in [3.05, 3.63) is 63.9 Å². The molecular formula is C18H18BrFN2O3. The fourth-order valence-corrected chi connectivity index (χ4v) is 2.41. The standard InChI is InChI=1S/C18H18BrFN2O3/c1-2-21-18(24)13-5-3-4-12(8-13)10-22-17(23)11-25-16-7-6-14(19)9-15(16)20/h3-9H,2,10-11H2,1H3,(H,21,24)(H,22,23). The molecule has 7 heteroatoms. The van der Waals surface area contributed by atoms with Crippen LogP contribution in [-0.2, 0) is 11.3 Å². The average Bonchev–Trinajstić information content (AvgIpc) is 2.59. The highest BCUT2D eigenvalue weighted by Crippen LogP contribution is 2.21. The number of carbonyl (C=O) groups excluding carboxylic acids is 2. The minimum atomic E-state index is -0.545. The molecule has 0 saturated carbocycles. The van der Waals surface area contributed by atoms with Crippen molar-refractivity contribution in [2.45, 2.75) is 13.5 Å². The zero-order valence-electron chi connectivity index (χ0n) is 13.6. The molecule has 25 heavy (non-hydrogen) atoms. The topological polar surface area (TPSA) is 67.4 Å². The number of ether oxygens (including phenoxy) is 1. The van der Waals surface area contributed by atoms with Gasteiger partial charge in [-0.3, -0.25) is 9.59 Å². The predicted molar refractivity (Wildman–Crippen MR) is 95.9 cm³/mol. The van der Waals surface area contributed by atoms with Crippen molar-refractivity contribution in [1.29, 1.82) is 0 Å². The van der Waals surface area contributed by atoms with E-state index >= 15 is 0 Å². The van der Waals surface area contributed by atoms with Gasteiger partial charge in [-0.2, -0.15) is 0 Å². The van der Waals surface area contributed by atoms with Crippen LogP contribution in [0.2, 0.25) is 0 Å². The Bertz CT molecular complexity index is 768. The summed E-state index contributed by atoms with van der Waals surface area (Å²) in [5.74, 6) is -1.08. The minimum Gasteiger partial charge on any atom is -0.481 e. The van der Waals surface area contributed by atoms with Crippen LogP contribution >= 0.6 is 15.9 Å². The first-order chi connectivity index (χ1) is 12.0. The van der Waals surface area contributed by atoms with Crippen LogP contribution in [0, 0.1) is 5.82 Å². The van der Waals surface area contributed by atoms with Gasteiger partial charge in [-0.05, 0) is 42.8 Å². The van der Waals surface area contributed by atoms with Gasteiger partial charge in [-0.1, -0.05) is 28.1 Å². The summed E-state index contributed by atoms with van der Waals surface area (Å²) in [6.45, 7) is 2.34. The second-order valence-electron chi connectivity index (χ2n) is 5.20. The summed E-state index contributed by atoms with van der Waals surface area (Å²) in [7, 11) is 0. The molecule has 2 rings (SSSR count). The second-order valence-corrected chi connectivity index (χ2v) is 6.12. The Labute approximate surface area is 153 Å². The van der Waals surface area contributed by atoms with E-state index in [2.05, 4.69) is 26.6 Å². The Morgan fingerprint density at radius 1 is 1.16 bits per heavy atom. The van der Waals surface area contributed by atoms with E-state index in [1.165, 1.54) is 12.1 Å². The second kappa shape index (κ2) is 9.17. The predicted octanol–water partition coefficient (Wildman–Crippen LogP) is 3.03. The molecule has 2 aromatic carbocycles. The fraction of sp³-hybridized carbons (Fsp3) is 0.222. The summed E-state index contributed by atoms with van der Waals surface area (Å²) in [5, 5.41) is 5.39. The van der Waals surface area contributed by atoms with Gasteiger partial charge in [-0.25, -0.2) is 4.39 Å². The van der Waals surface area contributed by atoms with Gasteiger partial charge in [0.05, 0.1) is 0 Å². The summed E-state index contributed by atoms with van der Waals surface area (Å²) in [4.78, 5) is 23.6. The molecular weight excluding hydrogens is 391 g/mol. The van der Waals surface area contributed by atoms with E-state index in [0.717, 1.165) is 5.56 Å². The van der Waals surface area contributed by atoms with Gasteiger partial charge < -0.3 is 15.4 Å². The third-order valence-electron chi connectivity index (χ3n) is 3.27. The van der Waals surface area contributed by atoms with Gasteiger partial charge in [0.25, 0.3) is 11.8 Å². The Hall–Kier alpha value is -2.41. The molecule has 0 aliphatic rings. The number of hydrogen-bond acceptors (Lipinski definition) is 3. The SMILES string of the molecule is CCNC(=O)c1cccc(CNC(=O)COc2ccc(Br)cc2F)c1. The van der Waals surface area contributed by atoms with Crippen LogP contribution < -0.4 is 15.4 Å². The minimum absolute atomic E-state index is 0.0107.